The number of anilines is 12. The van der Waals surface area contributed by atoms with Gasteiger partial charge in [-0.3, -0.25) is 0 Å². The summed E-state index contributed by atoms with van der Waals surface area (Å²) in [6.45, 7) is -0.297. The van der Waals surface area contributed by atoms with Crippen molar-refractivity contribution in [3.63, 3.8) is 0 Å². The molecule has 86 heavy (non-hydrogen) atoms. The highest BCUT2D eigenvalue weighted by atomic mass is 32.2. The fourth-order valence-electron chi connectivity index (χ4n) is 14.0. The highest BCUT2D eigenvalue weighted by Gasteiger charge is 2.50. The number of hydrogen-bond donors (Lipinski definition) is 0. The molecule has 17 rings (SSSR count). The van der Waals surface area contributed by atoms with Gasteiger partial charge in [-0.25, -0.2) is 0 Å². The van der Waals surface area contributed by atoms with Crippen molar-refractivity contribution in [3.8, 4) is 22.3 Å². The van der Waals surface area contributed by atoms with Crippen LogP contribution in [0.2, 0.25) is 0 Å². The molecule has 4 heterocycles. The largest absolute Gasteiger partial charge is 0.311 e. The Labute approximate surface area is 511 Å². The van der Waals surface area contributed by atoms with Gasteiger partial charge >= 0.3 is 0 Å². The quantitative estimate of drug-likeness (QED) is 0.126. The highest BCUT2D eigenvalue weighted by Crippen LogP contribution is 2.54. The average molecular weight is 1130 g/mol. The molecule has 0 saturated heterocycles. The third-order valence-electron chi connectivity index (χ3n) is 17.5. The third-order valence-corrected chi connectivity index (χ3v) is 19.8. The molecule has 4 nitrogen and oxygen atoms in total. The molecule has 0 aromatic heterocycles. The van der Waals surface area contributed by atoms with E-state index >= 15 is 0 Å². The van der Waals surface area contributed by atoms with Gasteiger partial charge in [0.05, 0.1) is 0 Å². The predicted octanol–water partition coefficient (Wildman–Crippen LogP) is 17.5. The van der Waals surface area contributed by atoms with Crippen molar-refractivity contribution in [2.24, 2.45) is 0 Å². The van der Waals surface area contributed by atoms with Gasteiger partial charge in [-0.2, -0.15) is 0 Å². The van der Waals surface area contributed by atoms with E-state index in [1.807, 2.05) is 23.5 Å². The molecule has 0 fully saturated rings. The number of rotatable bonds is 10. The second-order valence-electron chi connectivity index (χ2n) is 22.3. The van der Waals surface area contributed by atoms with E-state index in [0.29, 0.717) is 0 Å². The molecule has 402 valence electrons. The fourth-order valence-corrected chi connectivity index (χ4v) is 16.9. The summed E-state index contributed by atoms with van der Waals surface area (Å²) in [4.78, 5) is 15.0. The summed E-state index contributed by atoms with van der Waals surface area (Å²) in [5.74, 6) is 0. The zero-order valence-corrected chi connectivity index (χ0v) is 48.4. The monoisotopic (exact) mass is 1130 g/mol. The molecule has 0 radical (unpaired) electrons. The summed E-state index contributed by atoms with van der Waals surface area (Å²) in [5.41, 5.74) is 26.5. The van der Waals surface area contributed by atoms with Gasteiger partial charge < -0.3 is 19.6 Å². The lowest BCUT2D eigenvalue weighted by Gasteiger charge is -2.45. The van der Waals surface area contributed by atoms with Gasteiger partial charge in [0.2, 0.25) is 13.4 Å². The molecule has 0 amide bonds. The van der Waals surface area contributed by atoms with Crippen molar-refractivity contribution in [1.29, 1.82) is 0 Å². The first-order chi connectivity index (χ1) is 42.7. The number of nitrogens with zero attached hydrogens (tertiary/aromatic N) is 4. The third kappa shape index (κ3) is 8.12. The Morgan fingerprint density at radius 2 is 0.558 bits per heavy atom. The van der Waals surface area contributed by atoms with Gasteiger partial charge in [0, 0.05) is 93.4 Å². The van der Waals surface area contributed by atoms with Gasteiger partial charge in [0.25, 0.3) is 0 Å². The molecule has 0 aliphatic carbocycles. The maximum atomic E-state index is 2.53. The van der Waals surface area contributed by atoms with Crippen molar-refractivity contribution >= 4 is 138 Å². The topological polar surface area (TPSA) is 13.0 Å². The molecule has 13 aromatic rings. The number of hydrogen-bond acceptors (Lipinski definition) is 6. The molecule has 0 unspecified atom stereocenters. The van der Waals surface area contributed by atoms with Crippen molar-refractivity contribution in [1.82, 2.24) is 0 Å². The van der Waals surface area contributed by atoms with Gasteiger partial charge in [-0.15, -0.1) is 0 Å². The average Bonchev–Trinajstić information content (AvgIpc) is 0.763. The minimum absolute atomic E-state index is 0.149. The van der Waals surface area contributed by atoms with Crippen molar-refractivity contribution in [2.75, 3.05) is 19.6 Å². The van der Waals surface area contributed by atoms with Crippen LogP contribution in [0.3, 0.4) is 0 Å². The van der Waals surface area contributed by atoms with Crippen molar-refractivity contribution in [2.45, 2.75) is 19.6 Å². The molecule has 4 aliphatic heterocycles. The molecule has 0 bridgehead atoms. The number of fused-ring (bicyclic) bond motifs is 8. The van der Waals surface area contributed by atoms with Gasteiger partial charge in [-0.1, -0.05) is 230 Å². The normalized spacial score (nSPS) is 12.9. The Kier molecular flexibility index (Phi) is 12.2. The van der Waals surface area contributed by atoms with Crippen LogP contribution in [0.15, 0.2) is 335 Å². The Morgan fingerprint density at radius 1 is 0.256 bits per heavy atom. The van der Waals surface area contributed by atoms with Crippen LogP contribution in [-0.4, -0.2) is 13.4 Å². The summed E-state index contributed by atoms with van der Waals surface area (Å²) in [6, 6.07) is 117. The van der Waals surface area contributed by atoms with Gasteiger partial charge in [-0.05, 0) is 159 Å². The van der Waals surface area contributed by atoms with E-state index in [9.17, 15) is 0 Å². The lowest BCUT2D eigenvalue weighted by molar-refractivity contribution is 1.22. The molecule has 0 N–H and O–H groups in total. The van der Waals surface area contributed by atoms with Crippen LogP contribution in [0.5, 0.6) is 0 Å². The Hall–Kier alpha value is -10.1. The molecule has 8 heteroatoms. The van der Waals surface area contributed by atoms with E-state index in [4.69, 9.17) is 0 Å². The van der Waals surface area contributed by atoms with Crippen molar-refractivity contribution in [3.05, 3.63) is 315 Å². The molecule has 0 saturated carbocycles. The smallest absolute Gasteiger partial charge is 0.250 e. The zero-order chi connectivity index (χ0) is 56.7. The molecule has 13 aromatic carbocycles. The lowest BCUT2D eigenvalue weighted by atomic mass is 9.30. The maximum Gasteiger partial charge on any atom is 0.250 e. The molecule has 0 spiro atoms. The standard InChI is InChI=1S/C78H52B2N4S2/c1-9-29-53(30-10-1)71-75-77(85-69-51-61(81(55-33-13-3-14-34-55)56-35-15-4-16-36-56)49-67-73(69)79(75)63-45-25-27-47-65(63)83(67)59-41-21-7-22-42-59)72(54-31-11-2-12-32-54)78-76(71)80-64-46-26-28-48-66(64)84(60-43-23-8-24-44-60)68-50-62(52-70(86-78)74(68)80)82(57-37-17-5-18-38-57)58-39-19-6-20-40-58/h1-52H. The highest BCUT2D eigenvalue weighted by molar-refractivity contribution is 8.01. The van der Waals surface area contributed by atoms with Crippen LogP contribution in [0.25, 0.3) is 22.3 Å². The Morgan fingerprint density at radius 3 is 0.919 bits per heavy atom. The summed E-state index contributed by atoms with van der Waals surface area (Å²) >= 11 is 3.91. The van der Waals surface area contributed by atoms with Crippen LogP contribution in [-0.2, 0) is 0 Å². The maximum absolute atomic E-state index is 2.53. The summed E-state index contributed by atoms with van der Waals surface area (Å²) in [7, 11) is 0. The van der Waals surface area contributed by atoms with E-state index < -0.39 is 0 Å². The molecule has 4 aliphatic rings. The van der Waals surface area contributed by atoms with Crippen LogP contribution >= 0.6 is 23.5 Å². The first-order valence-electron chi connectivity index (χ1n) is 29.5. The van der Waals surface area contributed by atoms with Gasteiger partial charge in [0.1, 0.15) is 0 Å². The second-order valence-corrected chi connectivity index (χ2v) is 24.4. The SMILES string of the molecule is c1ccc(-c2c3c(c(-c4ccccc4)c4c2Sc2cc(N(c5ccccc5)c5ccccc5)cc5c2B4c2ccccc2N5c2ccccc2)B2c4ccccc4N(c4ccccc4)c4cc(N(c5ccccc5)c5ccccc5)cc(c42)S3)cc1. The number of para-hydroxylation sites is 8. The molecule has 0 atom stereocenters. The summed E-state index contributed by atoms with van der Waals surface area (Å²) < 4.78 is 0. The van der Waals surface area contributed by atoms with E-state index in [1.54, 1.807) is 0 Å². The van der Waals surface area contributed by atoms with E-state index in [-0.39, 0.29) is 13.4 Å². The second kappa shape index (κ2) is 20.9. The van der Waals surface area contributed by atoms with Crippen LogP contribution in [0.4, 0.5) is 68.2 Å². The minimum Gasteiger partial charge on any atom is -0.311 e. The van der Waals surface area contributed by atoms with E-state index in [2.05, 4.69) is 335 Å². The van der Waals surface area contributed by atoms with Gasteiger partial charge in [0.15, 0.2) is 0 Å². The fraction of sp³-hybridized carbons (Fsp3) is 0. The van der Waals surface area contributed by atoms with Crippen LogP contribution in [0, 0.1) is 0 Å². The van der Waals surface area contributed by atoms with E-state index in [0.717, 1.165) is 45.5 Å². The van der Waals surface area contributed by atoms with Crippen LogP contribution in [0.1, 0.15) is 0 Å². The summed E-state index contributed by atoms with van der Waals surface area (Å²) in [5, 5.41) is 0. The Balaban J connectivity index is 1.01. The predicted molar refractivity (Wildman–Crippen MR) is 366 cm³/mol. The molecular formula is C78H52B2N4S2. The Bertz CT molecular complexity index is 4380. The lowest BCUT2D eigenvalue weighted by Crippen LogP contribution is -2.65. The first kappa shape index (κ1) is 50.4. The van der Waals surface area contributed by atoms with Crippen LogP contribution < -0.4 is 52.4 Å². The van der Waals surface area contributed by atoms with E-state index in [1.165, 1.54) is 97.4 Å². The van der Waals surface area contributed by atoms with Crippen molar-refractivity contribution < 1.29 is 0 Å². The minimum atomic E-state index is -0.149. The summed E-state index contributed by atoms with van der Waals surface area (Å²) in [6.07, 6.45) is 0. The number of benzene rings is 13. The molecular weight excluding hydrogens is 1080 g/mol. The first-order valence-corrected chi connectivity index (χ1v) is 31.1. The zero-order valence-electron chi connectivity index (χ0n) is 46.8.